The van der Waals surface area contributed by atoms with Crippen LogP contribution in [0.4, 0.5) is 26.3 Å². The number of carboxylic acid groups (broad SMARTS) is 2. The second kappa shape index (κ2) is 14.5. The molecule has 0 radical (unpaired) electrons. The lowest BCUT2D eigenvalue weighted by Gasteiger charge is -2.57. The maximum Gasteiger partial charge on any atom is 0.490 e. The molecule has 1 aromatic heterocycles. The van der Waals surface area contributed by atoms with Gasteiger partial charge >= 0.3 is 24.3 Å². The number of pyridine rings is 1. The zero-order chi connectivity index (χ0) is 32.6. The maximum atomic E-state index is 12.9. The third kappa shape index (κ3) is 10.4. The highest BCUT2D eigenvalue weighted by Crippen LogP contribution is 2.40. The Morgan fingerprint density at radius 1 is 1.02 bits per heavy atom. The lowest BCUT2D eigenvalue weighted by atomic mass is 9.77. The van der Waals surface area contributed by atoms with Gasteiger partial charge in [0.05, 0.1) is 11.5 Å². The molecule has 2 aromatic rings. The molecule has 2 N–H and O–H groups in total. The Hall–Kier alpha value is -3.28. The number of carbonyl (C=O) groups is 2. The average Bonchev–Trinajstić information content (AvgIpc) is 2.89. The third-order valence-electron chi connectivity index (χ3n) is 6.78. The highest BCUT2D eigenvalue weighted by molar-refractivity contribution is 7.89. The number of sulfonamides is 1. The minimum Gasteiger partial charge on any atom is -0.475 e. The molecule has 2 fully saturated rings. The van der Waals surface area contributed by atoms with E-state index in [1.165, 1.54) is 0 Å². The topological polar surface area (TPSA) is 137 Å². The lowest BCUT2D eigenvalue weighted by molar-refractivity contribution is -0.193. The third-order valence-corrected chi connectivity index (χ3v) is 8.59. The van der Waals surface area contributed by atoms with Crippen LogP contribution in [0.15, 0.2) is 53.7 Å². The van der Waals surface area contributed by atoms with Crippen LogP contribution in [-0.4, -0.2) is 95.9 Å². The van der Waals surface area contributed by atoms with Crippen molar-refractivity contribution < 1.29 is 59.3 Å². The Balaban J connectivity index is 0.000000384. The number of alkyl halides is 6. The summed E-state index contributed by atoms with van der Waals surface area (Å²) in [6.45, 7) is 5.32. The minimum atomic E-state index is -5.08. The van der Waals surface area contributed by atoms with Crippen molar-refractivity contribution in [2.75, 3.05) is 33.3 Å². The van der Waals surface area contributed by atoms with Crippen LogP contribution in [0.1, 0.15) is 24.0 Å². The van der Waals surface area contributed by atoms with E-state index in [4.69, 9.17) is 24.5 Å². The van der Waals surface area contributed by atoms with Gasteiger partial charge in [-0.2, -0.15) is 30.6 Å². The van der Waals surface area contributed by atoms with Crippen molar-refractivity contribution in [3.05, 3.63) is 59.9 Å². The Kier molecular flexibility index (Phi) is 12.1. The molecule has 2 saturated heterocycles. The second-order valence-corrected chi connectivity index (χ2v) is 12.0. The number of ether oxygens (including phenoxy) is 1. The quantitative estimate of drug-likeness (QED) is 0.449. The molecule has 17 heteroatoms. The summed E-state index contributed by atoms with van der Waals surface area (Å²) in [6, 6.07) is 11.0. The van der Waals surface area contributed by atoms with E-state index in [0.717, 1.165) is 30.5 Å². The van der Waals surface area contributed by atoms with E-state index in [0.29, 0.717) is 37.1 Å². The number of piperidine rings is 1. The van der Waals surface area contributed by atoms with Gasteiger partial charge in [0.2, 0.25) is 10.0 Å². The van der Waals surface area contributed by atoms with Crippen molar-refractivity contribution in [1.29, 1.82) is 0 Å². The number of carboxylic acids is 2. The number of likely N-dealkylation sites (N-methyl/N-ethyl adjacent to an activating group) is 1. The van der Waals surface area contributed by atoms with Gasteiger partial charge in [-0.1, -0.05) is 23.8 Å². The zero-order valence-corrected chi connectivity index (χ0v) is 23.9. The number of halogens is 6. The van der Waals surface area contributed by atoms with Gasteiger partial charge in [-0.3, -0.25) is 9.88 Å². The molecule has 2 aliphatic heterocycles. The first-order valence-electron chi connectivity index (χ1n) is 12.6. The molecule has 2 aliphatic rings. The van der Waals surface area contributed by atoms with E-state index in [-0.39, 0.29) is 5.54 Å². The molecular weight excluding hydrogens is 612 g/mol. The molecule has 43 heavy (non-hydrogen) atoms. The molecule has 0 aliphatic carbocycles. The number of hydrogen-bond acceptors (Lipinski definition) is 7. The van der Waals surface area contributed by atoms with Crippen LogP contribution in [0.25, 0.3) is 0 Å². The molecule has 1 aromatic carbocycles. The molecule has 1 atom stereocenters. The Morgan fingerprint density at radius 2 is 1.56 bits per heavy atom. The van der Waals surface area contributed by atoms with Crippen molar-refractivity contribution in [3.8, 4) is 0 Å². The molecular formula is C26H31F6N3O7S. The summed E-state index contributed by atoms with van der Waals surface area (Å²) in [5.41, 5.74) is 2.07. The van der Waals surface area contributed by atoms with E-state index < -0.39 is 34.3 Å². The van der Waals surface area contributed by atoms with E-state index in [2.05, 4.69) is 16.9 Å². The standard InChI is InChI=1S/C22H29N3O3S.2C2HF3O2/c1-18-5-7-21(8-6-18)29(26,27)25-16-22(17-25)12-19(9-11-24(22)2)14-28-15-20-4-3-10-23-13-20;2*3-2(4,5)1(6)7/h3-8,10,13,19H,9,11-12,14-17H2,1-2H3;2*(H,6,7). The molecule has 0 amide bonds. The number of aliphatic carboxylic acids is 2. The Morgan fingerprint density at radius 3 is 2.02 bits per heavy atom. The highest BCUT2D eigenvalue weighted by Gasteiger charge is 2.53. The fraction of sp³-hybridized carbons (Fsp3) is 0.500. The minimum absolute atomic E-state index is 0.0711. The molecule has 3 heterocycles. The van der Waals surface area contributed by atoms with Gasteiger partial charge in [-0.25, -0.2) is 18.0 Å². The van der Waals surface area contributed by atoms with Crippen LogP contribution in [0.5, 0.6) is 0 Å². The first-order valence-corrected chi connectivity index (χ1v) is 14.1. The van der Waals surface area contributed by atoms with Gasteiger partial charge in [0, 0.05) is 37.6 Å². The van der Waals surface area contributed by atoms with Crippen LogP contribution >= 0.6 is 0 Å². The average molecular weight is 644 g/mol. The fourth-order valence-corrected chi connectivity index (χ4v) is 5.99. The van der Waals surface area contributed by atoms with Crippen LogP contribution in [0.3, 0.4) is 0 Å². The summed E-state index contributed by atoms with van der Waals surface area (Å²) in [5, 5.41) is 14.2. The van der Waals surface area contributed by atoms with E-state index >= 15 is 0 Å². The van der Waals surface area contributed by atoms with Crippen LogP contribution in [0, 0.1) is 12.8 Å². The molecule has 0 bridgehead atoms. The van der Waals surface area contributed by atoms with Crippen molar-refractivity contribution >= 4 is 22.0 Å². The number of hydrogen-bond donors (Lipinski definition) is 2. The summed E-state index contributed by atoms with van der Waals surface area (Å²) < 4.78 is 96.9. The van der Waals surface area contributed by atoms with Gasteiger partial charge in [0.15, 0.2) is 0 Å². The van der Waals surface area contributed by atoms with Crippen molar-refractivity contribution in [2.24, 2.45) is 5.92 Å². The van der Waals surface area contributed by atoms with Crippen LogP contribution < -0.4 is 0 Å². The zero-order valence-electron chi connectivity index (χ0n) is 23.1. The first kappa shape index (κ1) is 35.9. The highest BCUT2D eigenvalue weighted by atomic mass is 32.2. The number of aryl methyl sites for hydroxylation is 1. The SMILES string of the molecule is Cc1ccc(S(=O)(=O)N2CC3(CC(COCc4cccnc4)CCN3C)C2)cc1.O=C(O)C(F)(F)F.O=C(O)C(F)(F)F. The number of likely N-dealkylation sites (tertiary alicyclic amines) is 1. The molecule has 10 nitrogen and oxygen atoms in total. The maximum absolute atomic E-state index is 12.9. The predicted molar refractivity (Wildman–Crippen MR) is 139 cm³/mol. The predicted octanol–water partition coefficient (Wildman–Crippen LogP) is 3.96. The molecule has 1 spiro atoms. The summed E-state index contributed by atoms with van der Waals surface area (Å²) >= 11 is 0. The summed E-state index contributed by atoms with van der Waals surface area (Å²) in [6.07, 6.45) is -4.53. The number of nitrogens with zero attached hydrogens (tertiary/aromatic N) is 3. The van der Waals surface area contributed by atoms with Gasteiger partial charge in [-0.05, 0) is 63.0 Å². The second-order valence-electron chi connectivity index (χ2n) is 10.1. The van der Waals surface area contributed by atoms with E-state index in [9.17, 15) is 34.8 Å². The lowest BCUT2D eigenvalue weighted by Crippen LogP contribution is -2.72. The van der Waals surface area contributed by atoms with Gasteiger partial charge in [0.25, 0.3) is 0 Å². The van der Waals surface area contributed by atoms with Crippen molar-refractivity contribution in [1.82, 2.24) is 14.2 Å². The Bertz CT molecular complexity index is 1290. The van der Waals surface area contributed by atoms with E-state index in [1.54, 1.807) is 22.6 Å². The molecule has 240 valence electrons. The van der Waals surface area contributed by atoms with Gasteiger partial charge in [0.1, 0.15) is 0 Å². The molecule has 1 unspecified atom stereocenters. The fourth-order valence-electron chi connectivity index (χ4n) is 4.39. The van der Waals surface area contributed by atoms with E-state index in [1.807, 2.05) is 37.4 Å². The number of aromatic nitrogens is 1. The monoisotopic (exact) mass is 643 g/mol. The molecule has 0 saturated carbocycles. The van der Waals surface area contributed by atoms with Crippen molar-refractivity contribution in [2.45, 2.75) is 49.2 Å². The van der Waals surface area contributed by atoms with Gasteiger partial charge < -0.3 is 14.9 Å². The van der Waals surface area contributed by atoms with Gasteiger partial charge in [-0.15, -0.1) is 0 Å². The normalized spacial score (nSPS) is 18.8. The summed E-state index contributed by atoms with van der Waals surface area (Å²) in [4.78, 5) is 24.6. The largest absolute Gasteiger partial charge is 0.490 e. The molecule has 4 rings (SSSR count). The summed E-state index contributed by atoms with van der Waals surface area (Å²) in [7, 11) is -1.31. The van der Waals surface area contributed by atoms with Crippen LogP contribution in [-0.2, 0) is 31.0 Å². The number of rotatable bonds is 6. The smallest absolute Gasteiger partial charge is 0.475 e. The Labute approximate surface area is 243 Å². The van der Waals surface area contributed by atoms with Crippen molar-refractivity contribution in [3.63, 3.8) is 0 Å². The summed E-state index contributed by atoms with van der Waals surface area (Å²) in [5.74, 6) is -5.06. The van der Waals surface area contributed by atoms with Crippen LogP contribution in [0.2, 0.25) is 0 Å². The number of benzene rings is 1. The first-order chi connectivity index (χ1) is 19.8.